The van der Waals surface area contributed by atoms with Crippen LogP contribution in [0.2, 0.25) is 0 Å². The third-order valence-corrected chi connectivity index (χ3v) is 4.02. The van der Waals surface area contributed by atoms with Crippen LogP contribution in [-0.4, -0.2) is 10.9 Å². The maximum absolute atomic E-state index is 12.5. The molecule has 4 aromatic rings. The van der Waals surface area contributed by atoms with Crippen molar-refractivity contribution in [2.45, 2.75) is 6.54 Å². The van der Waals surface area contributed by atoms with E-state index in [0.29, 0.717) is 23.6 Å². The van der Waals surface area contributed by atoms with E-state index in [9.17, 15) is 4.79 Å². The molecule has 0 atom stereocenters. The average molecular weight is 343 g/mol. The maximum atomic E-state index is 12.5. The van der Waals surface area contributed by atoms with Crippen molar-refractivity contribution in [1.29, 1.82) is 0 Å². The second-order valence-corrected chi connectivity index (χ2v) is 5.85. The molecule has 0 bridgehead atoms. The number of furan rings is 1. The SMILES string of the molecule is O=C(NCc1ccccc1)c1cc2occc2c(Nc2ccccc2)n1. The van der Waals surface area contributed by atoms with Crippen LogP contribution in [0.15, 0.2) is 83.5 Å². The van der Waals surface area contributed by atoms with E-state index in [1.807, 2.05) is 66.7 Å². The topological polar surface area (TPSA) is 67.2 Å². The summed E-state index contributed by atoms with van der Waals surface area (Å²) in [6.07, 6.45) is 1.59. The van der Waals surface area contributed by atoms with Crippen LogP contribution >= 0.6 is 0 Å². The van der Waals surface area contributed by atoms with Gasteiger partial charge < -0.3 is 15.1 Å². The number of amides is 1. The molecule has 0 radical (unpaired) electrons. The first kappa shape index (κ1) is 15.9. The highest BCUT2D eigenvalue weighted by Crippen LogP contribution is 2.26. The molecule has 26 heavy (non-hydrogen) atoms. The summed E-state index contributed by atoms with van der Waals surface area (Å²) >= 11 is 0. The van der Waals surface area contributed by atoms with Crippen LogP contribution in [0, 0.1) is 0 Å². The van der Waals surface area contributed by atoms with Crippen LogP contribution in [-0.2, 0) is 6.54 Å². The monoisotopic (exact) mass is 343 g/mol. The van der Waals surface area contributed by atoms with Crippen molar-refractivity contribution in [3.8, 4) is 0 Å². The van der Waals surface area contributed by atoms with Gasteiger partial charge in [-0.3, -0.25) is 4.79 Å². The Balaban J connectivity index is 1.60. The largest absolute Gasteiger partial charge is 0.464 e. The highest BCUT2D eigenvalue weighted by Gasteiger charge is 2.14. The lowest BCUT2D eigenvalue weighted by atomic mass is 10.2. The summed E-state index contributed by atoms with van der Waals surface area (Å²) in [6, 6.07) is 22.9. The molecular weight excluding hydrogens is 326 g/mol. The molecule has 2 aromatic carbocycles. The van der Waals surface area contributed by atoms with Gasteiger partial charge >= 0.3 is 0 Å². The Labute approximate surface area is 150 Å². The minimum absolute atomic E-state index is 0.247. The van der Waals surface area contributed by atoms with Crippen LogP contribution in [0.4, 0.5) is 11.5 Å². The van der Waals surface area contributed by atoms with Crippen LogP contribution in [0.5, 0.6) is 0 Å². The number of hydrogen-bond donors (Lipinski definition) is 2. The quantitative estimate of drug-likeness (QED) is 0.560. The fraction of sp³-hybridized carbons (Fsp3) is 0.0476. The summed E-state index contributed by atoms with van der Waals surface area (Å²) in [4.78, 5) is 17.0. The number of rotatable bonds is 5. The summed E-state index contributed by atoms with van der Waals surface area (Å²) in [7, 11) is 0. The van der Waals surface area contributed by atoms with Gasteiger partial charge in [-0.05, 0) is 23.8 Å². The lowest BCUT2D eigenvalue weighted by molar-refractivity contribution is 0.0946. The molecule has 5 nitrogen and oxygen atoms in total. The fourth-order valence-corrected chi connectivity index (χ4v) is 2.70. The van der Waals surface area contributed by atoms with E-state index in [4.69, 9.17) is 4.42 Å². The van der Waals surface area contributed by atoms with Crippen LogP contribution < -0.4 is 10.6 Å². The molecule has 2 aromatic heterocycles. The number of aromatic nitrogens is 1. The molecule has 2 heterocycles. The van der Waals surface area contributed by atoms with Gasteiger partial charge in [0.05, 0.1) is 11.6 Å². The van der Waals surface area contributed by atoms with Crippen LogP contribution in [0.3, 0.4) is 0 Å². The van der Waals surface area contributed by atoms with E-state index in [0.717, 1.165) is 16.6 Å². The normalized spacial score (nSPS) is 10.6. The van der Waals surface area contributed by atoms with Gasteiger partial charge in [-0.1, -0.05) is 48.5 Å². The van der Waals surface area contributed by atoms with E-state index >= 15 is 0 Å². The first-order valence-electron chi connectivity index (χ1n) is 8.32. The first-order valence-corrected chi connectivity index (χ1v) is 8.32. The predicted molar refractivity (Wildman–Crippen MR) is 101 cm³/mol. The highest BCUT2D eigenvalue weighted by molar-refractivity contribution is 5.99. The van der Waals surface area contributed by atoms with Crippen LogP contribution in [0.1, 0.15) is 16.1 Å². The smallest absolute Gasteiger partial charge is 0.270 e. The Hall–Kier alpha value is -3.60. The second kappa shape index (κ2) is 7.11. The zero-order valence-corrected chi connectivity index (χ0v) is 14.0. The van der Waals surface area contributed by atoms with Gasteiger partial charge in [0.2, 0.25) is 0 Å². The highest BCUT2D eigenvalue weighted by atomic mass is 16.3. The Morgan fingerprint density at radius 1 is 0.962 bits per heavy atom. The van der Waals surface area contributed by atoms with Gasteiger partial charge in [-0.15, -0.1) is 0 Å². The molecule has 1 amide bonds. The molecule has 0 aliphatic rings. The molecule has 4 rings (SSSR count). The summed E-state index contributed by atoms with van der Waals surface area (Å²) in [5.74, 6) is 0.343. The van der Waals surface area contributed by atoms with E-state index in [1.165, 1.54) is 0 Å². The predicted octanol–water partition coefficient (Wildman–Crippen LogP) is 4.50. The van der Waals surface area contributed by atoms with Crippen molar-refractivity contribution in [2.24, 2.45) is 0 Å². The zero-order valence-electron chi connectivity index (χ0n) is 14.0. The standard InChI is InChI=1S/C21H17N3O2/c25-21(22-14-15-7-3-1-4-8-15)18-13-19-17(11-12-26-19)20(24-18)23-16-9-5-2-6-10-16/h1-13H,14H2,(H,22,25)(H,23,24). The van der Waals surface area contributed by atoms with Gasteiger partial charge in [0.1, 0.15) is 17.1 Å². The van der Waals surface area contributed by atoms with Crippen molar-refractivity contribution >= 4 is 28.4 Å². The minimum Gasteiger partial charge on any atom is -0.464 e. The van der Waals surface area contributed by atoms with Crippen molar-refractivity contribution < 1.29 is 9.21 Å². The number of nitrogens with zero attached hydrogens (tertiary/aromatic N) is 1. The van der Waals surface area contributed by atoms with Crippen molar-refractivity contribution in [3.63, 3.8) is 0 Å². The second-order valence-electron chi connectivity index (χ2n) is 5.85. The number of para-hydroxylation sites is 1. The van der Waals surface area contributed by atoms with Gasteiger partial charge in [-0.25, -0.2) is 4.98 Å². The number of anilines is 2. The zero-order chi connectivity index (χ0) is 17.8. The summed E-state index contributed by atoms with van der Waals surface area (Å²) < 4.78 is 5.49. The number of carbonyl (C=O) groups is 1. The van der Waals surface area contributed by atoms with Gasteiger partial charge in [0, 0.05) is 18.3 Å². The number of fused-ring (bicyclic) bond motifs is 1. The number of carbonyl (C=O) groups excluding carboxylic acids is 1. The lowest BCUT2D eigenvalue weighted by Gasteiger charge is -2.09. The molecule has 128 valence electrons. The molecule has 0 aliphatic carbocycles. The maximum Gasteiger partial charge on any atom is 0.270 e. The molecule has 0 unspecified atom stereocenters. The van der Waals surface area contributed by atoms with E-state index in [2.05, 4.69) is 15.6 Å². The molecule has 0 aliphatic heterocycles. The minimum atomic E-state index is -0.247. The van der Waals surface area contributed by atoms with Gasteiger partial charge in [-0.2, -0.15) is 0 Å². The molecule has 2 N–H and O–H groups in total. The van der Waals surface area contributed by atoms with E-state index in [-0.39, 0.29) is 5.91 Å². The Morgan fingerprint density at radius 2 is 1.69 bits per heavy atom. The Morgan fingerprint density at radius 3 is 2.46 bits per heavy atom. The molecule has 5 heteroatoms. The Bertz CT molecular complexity index is 1030. The van der Waals surface area contributed by atoms with Crippen molar-refractivity contribution in [1.82, 2.24) is 10.3 Å². The fourth-order valence-electron chi connectivity index (χ4n) is 2.70. The molecule has 0 saturated heterocycles. The number of hydrogen-bond acceptors (Lipinski definition) is 4. The summed E-state index contributed by atoms with van der Waals surface area (Å²) in [5, 5.41) is 6.97. The Kier molecular flexibility index (Phi) is 4.35. The summed E-state index contributed by atoms with van der Waals surface area (Å²) in [6.45, 7) is 0.443. The number of nitrogens with one attached hydrogen (secondary N) is 2. The third kappa shape index (κ3) is 3.42. The number of pyridine rings is 1. The van der Waals surface area contributed by atoms with E-state index in [1.54, 1.807) is 12.3 Å². The number of benzene rings is 2. The van der Waals surface area contributed by atoms with Gasteiger partial charge in [0.25, 0.3) is 5.91 Å². The average Bonchev–Trinajstić information content (AvgIpc) is 3.17. The molecule has 0 fully saturated rings. The van der Waals surface area contributed by atoms with Gasteiger partial charge in [0.15, 0.2) is 0 Å². The first-order chi connectivity index (χ1) is 12.8. The van der Waals surface area contributed by atoms with E-state index < -0.39 is 0 Å². The molecule has 0 saturated carbocycles. The third-order valence-electron chi connectivity index (χ3n) is 4.02. The molecular formula is C21H17N3O2. The lowest BCUT2D eigenvalue weighted by Crippen LogP contribution is -2.24. The van der Waals surface area contributed by atoms with Crippen molar-refractivity contribution in [2.75, 3.05) is 5.32 Å². The summed E-state index contributed by atoms with van der Waals surface area (Å²) in [5.41, 5.74) is 2.84. The van der Waals surface area contributed by atoms with Crippen molar-refractivity contribution in [3.05, 3.63) is 90.3 Å². The van der Waals surface area contributed by atoms with Crippen LogP contribution in [0.25, 0.3) is 11.0 Å². The molecule has 0 spiro atoms.